The number of amides is 1. The summed E-state index contributed by atoms with van der Waals surface area (Å²) in [5, 5.41) is 13.7. The molecule has 0 atom stereocenters. The number of nitriles is 1. The Kier molecular flexibility index (Phi) is 10.7. The third kappa shape index (κ3) is 8.43. The fraction of sp³-hybridized carbons (Fsp3) is 0.152. The van der Waals surface area contributed by atoms with E-state index in [1.54, 1.807) is 54.6 Å². The molecule has 0 saturated carbocycles. The highest BCUT2D eigenvalue weighted by atomic mass is 35.5. The van der Waals surface area contributed by atoms with Gasteiger partial charge in [0.05, 0.1) is 11.6 Å². The van der Waals surface area contributed by atoms with Crippen molar-refractivity contribution in [1.82, 2.24) is 0 Å². The van der Waals surface area contributed by atoms with Crippen molar-refractivity contribution in [3.8, 4) is 23.3 Å². The summed E-state index contributed by atoms with van der Waals surface area (Å²) in [5.74, 6) is 0.760. The number of nitrogens with one attached hydrogen (secondary N) is 1. The van der Waals surface area contributed by atoms with E-state index in [1.165, 1.54) is 11.6 Å². The van der Waals surface area contributed by atoms with E-state index in [0.717, 1.165) is 11.1 Å². The van der Waals surface area contributed by atoms with E-state index >= 15 is 0 Å². The van der Waals surface area contributed by atoms with Crippen LogP contribution in [0, 0.1) is 18.3 Å². The summed E-state index contributed by atoms with van der Waals surface area (Å²) in [6, 6.07) is 25.3. The lowest BCUT2D eigenvalue weighted by molar-refractivity contribution is -0.112. The van der Waals surface area contributed by atoms with Crippen LogP contribution in [0.25, 0.3) is 6.08 Å². The number of halogens is 3. The maximum Gasteiger partial charge on any atom is 0.266 e. The quantitative estimate of drug-likeness (QED) is 0.133. The van der Waals surface area contributed by atoms with Gasteiger partial charge in [-0.15, -0.1) is 0 Å². The van der Waals surface area contributed by atoms with Crippen molar-refractivity contribution in [1.29, 1.82) is 5.26 Å². The van der Waals surface area contributed by atoms with Crippen LogP contribution < -0.4 is 19.5 Å². The molecule has 0 spiro atoms. The molecule has 4 rings (SSSR count). The van der Waals surface area contributed by atoms with Crippen LogP contribution in [-0.2, 0) is 18.0 Å². The highest BCUT2D eigenvalue weighted by Crippen LogP contribution is 2.38. The molecule has 0 bridgehead atoms. The SMILES string of the molecule is CCOc1cc(/C=C(\C#N)C(=O)Nc2ccc(OCc3ccc(C)cc3)cc2)cc(Cl)c1OCc1ccc(Cl)cc1Cl. The van der Waals surface area contributed by atoms with E-state index in [9.17, 15) is 10.1 Å². The second-order valence-electron chi connectivity index (χ2n) is 9.21. The first-order chi connectivity index (χ1) is 20.2. The lowest BCUT2D eigenvalue weighted by Crippen LogP contribution is -2.13. The summed E-state index contributed by atoms with van der Waals surface area (Å²) >= 11 is 18.8. The maximum atomic E-state index is 12.9. The molecule has 0 aliphatic carbocycles. The molecule has 1 N–H and O–H groups in total. The van der Waals surface area contributed by atoms with Gasteiger partial charge in [-0.25, -0.2) is 0 Å². The Morgan fingerprint density at radius 1 is 0.881 bits per heavy atom. The van der Waals surface area contributed by atoms with E-state index in [1.807, 2.05) is 44.2 Å². The molecule has 9 heteroatoms. The van der Waals surface area contributed by atoms with Crippen molar-refractivity contribution in [2.45, 2.75) is 27.1 Å². The van der Waals surface area contributed by atoms with Crippen LogP contribution >= 0.6 is 34.8 Å². The van der Waals surface area contributed by atoms with Gasteiger partial charge in [0.1, 0.15) is 30.6 Å². The molecule has 0 fully saturated rings. The second-order valence-corrected chi connectivity index (χ2v) is 10.5. The third-order valence-electron chi connectivity index (χ3n) is 6.03. The Morgan fingerprint density at radius 3 is 2.29 bits per heavy atom. The number of benzene rings is 4. The predicted octanol–water partition coefficient (Wildman–Crippen LogP) is 9.06. The topological polar surface area (TPSA) is 80.6 Å². The molecule has 214 valence electrons. The van der Waals surface area contributed by atoms with Crippen molar-refractivity contribution in [3.05, 3.63) is 122 Å². The molecule has 4 aromatic carbocycles. The molecular formula is C33H27Cl3N2O4. The standard InChI is InChI=1S/C33H27Cl3N2O4/c1-3-40-31-16-23(15-30(36)32(31)42-20-24-8-9-26(34)17-29(24)35)14-25(18-37)33(39)38-27-10-12-28(13-11-27)41-19-22-6-4-21(2)5-7-22/h4-17H,3,19-20H2,1-2H3,(H,38,39)/b25-14+. The Morgan fingerprint density at radius 2 is 1.62 bits per heavy atom. The van der Waals surface area contributed by atoms with E-state index in [-0.39, 0.29) is 17.2 Å². The van der Waals surface area contributed by atoms with Crippen molar-refractivity contribution >= 4 is 52.5 Å². The molecule has 0 unspecified atom stereocenters. The van der Waals surface area contributed by atoms with Crippen molar-refractivity contribution in [3.63, 3.8) is 0 Å². The first-order valence-corrected chi connectivity index (χ1v) is 14.1. The molecule has 0 saturated heterocycles. The number of anilines is 1. The Bertz CT molecular complexity index is 1630. The first kappa shape index (κ1) is 30.8. The van der Waals surface area contributed by atoms with Crippen LogP contribution in [0.2, 0.25) is 15.1 Å². The fourth-order valence-electron chi connectivity index (χ4n) is 3.86. The van der Waals surface area contributed by atoms with Gasteiger partial charge < -0.3 is 19.5 Å². The van der Waals surface area contributed by atoms with Gasteiger partial charge in [0.25, 0.3) is 5.91 Å². The summed E-state index contributed by atoms with van der Waals surface area (Å²) < 4.78 is 17.5. The first-order valence-electron chi connectivity index (χ1n) is 13.0. The van der Waals surface area contributed by atoms with Gasteiger partial charge in [0.15, 0.2) is 11.5 Å². The monoisotopic (exact) mass is 620 g/mol. The molecule has 0 aliphatic rings. The lowest BCUT2D eigenvalue weighted by Gasteiger charge is -2.15. The summed E-state index contributed by atoms with van der Waals surface area (Å²) in [6.07, 6.45) is 1.43. The summed E-state index contributed by atoms with van der Waals surface area (Å²) in [4.78, 5) is 12.9. The van der Waals surface area contributed by atoms with Crippen molar-refractivity contribution in [2.24, 2.45) is 0 Å². The van der Waals surface area contributed by atoms with Gasteiger partial charge in [-0.2, -0.15) is 5.26 Å². The molecule has 0 aromatic heterocycles. The number of nitrogens with zero attached hydrogens (tertiary/aromatic N) is 1. The minimum absolute atomic E-state index is 0.116. The lowest BCUT2D eigenvalue weighted by atomic mass is 10.1. The molecule has 0 radical (unpaired) electrons. The Hall–Kier alpha value is -4.15. The van der Waals surface area contributed by atoms with Gasteiger partial charge in [-0.05, 0) is 79.6 Å². The van der Waals surface area contributed by atoms with Gasteiger partial charge >= 0.3 is 0 Å². The van der Waals surface area contributed by atoms with Gasteiger partial charge in [0, 0.05) is 21.3 Å². The van der Waals surface area contributed by atoms with Crippen LogP contribution in [0.3, 0.4) is 0 Å². The minimum atomic E-state index is -0.572. The summed E-state index contributed by atoms with van der Waals surface area (Å²) in [6.45, 7) is 4.76. The fourth-order valence-corrected chi connectivity index (χ4v) is 4.60. The number of carbonyl (C=O) groups is 1. The maximum absolute atomic E-state index is 12.9. The van der Waals surface area contributed by atoms with Gasteiger partial charge in [-0.1, -0.05) is 70.7 Å². The molecule has 6 nitrogen and oxygen atoms in total. The Labute approximate surface area is 260 Å². The van der Waals surface area contributed by atoms with Crippen LogP contribution in [0.5, 0.6) is 17.2 Å². The molecule has 42 heavy (non-hydrogen) atoms. The van der Waals surface area contributed by atoms with Crippen LogP contribution in [0.15, 0.2) is 84.4 Å². The van der Waals surface area contributed by atoms with Gasteiger partial charge in [-0.3, -0.25) is 4.79 Å². The summed E-state index contributed by atoms with van der Waals surface area (Å²) in [5.41, 5.74) is 3.85. The number of aryl methyl sites for hydroxylation is 1. The molecule has 0 aliphatic heterocycles. The highest BCUT2D eigenvalue weighted by molar-refractivity contribution is 6.35. The normalized spacial score (nSPS) is 11.0. The van der Waals surface area contributed by atoms with E-state index in [2.05, 4.69) is 5.32 Å². The van der Waals surface area contributed by atoms with Crippen LogP contribution in [-0.4, -0.2) is 12.5 Å². The zero-order valence-electron chi connectivity index (χ0n) is 22.9. The number of rotatable bonds is 11. The number of hydrogen-bond donors (Lipinski definition) is 1. The zero-order valence-corrected chi connectivity index (χ0v) is 25.2. The highest BCUT2D eigenvalue weighted by Gasteiger charge is 2.16. The van der Waals surface area contributed by atoms with Crippen LogP contribution in [0.1, 0.15) is 29.2 Å². The third-order valence-corrected chi connectivity index (χ3v) is 6.90. The smallest absolute Gasteiger partial charge is 0.266 e. The van der Waals surface area contributed by atoms with E-state index in [4.69, 9.17) is 49.0 Å². The molecule has 1 amide bonds. The van der Waals surface area contributed by atoms with E-state index in [0.29, 0.717) is 51.8 Å². The average molecular weight is 622 g/mol. The predicted molar refractivity (Wildman–Crippen MR) is 168 cm³/mol. The molecule has 0 heterocycles. The second kappa shape index (κ2) is 14.7. The van der Waals surface area contributed by atoms with Crippen LogP contribution in [0.4, 0.5) is 5.69 Å². The average Bonchev–Trinajstić information content (AvgIpc) is 2.97. The minimum Gasteiger partial charge on any atom is -0.490 e. The van der Waals surface area contributed by atoms with Gasteiger partial charge in [0.2, 0.25) is 0 Å². The van der Waals surface area contributed by atoms with Crippen molar-refractivity contribution < 1.29 is 19.0 Å². The largest absolute Gasteiger partial charge is 0.490 e. The number of carbonyl (C=O) groups excluding carboxylic acids is 1. The number of ether oxygens (including phenoxy) is 3. The zero-order chi connectivity index (χ0) is 30.1. The Balaban J connectivity index is 1.44. The van der Waals surface area contributed by atoms with Crippen molar-refractivity contribution in [2.75, 3.05) is 11.9 Å². The summed E-state index contributed by atoms with van der Waals surface area (Å²) in [7, 11) is 0. The molecular weight excluding hydrogens is 595 g/mol. The van der Waals surface area contributed by atoms with E-state index < -0.39 is 5.91 Å². The number of hydrogen-bond acceptors (Lipinski definition) is 5. The molecule has 4 aromatic rings.